The quantitative estimate of drug-likeness (QED) is 0.925. The minimum Gasteiger partial charge on any atom is -0.306 e. The minimum absolute atomic E-state index is 0.370. The maximum absolute atomic E-state index is 13.3. The molecule has 0 saturated heterocycles. The molecule has 0 spiro atoms. The first-order valence-corrected chi connectivity index (χ1v) is 6.28. The molecule has 0 aliphatic rings. The molecule has 2 rings (SSSR count). The average molecular weight is 283 g/mol. The molecule has 2 aromatic rings. The lowest BCUT2D eigenvalue weighted by Gasteiger charge is -2.20. The molecule has 1 unspecified atom stereocenters. The van der Waals surface area contributed by atoms with Crippen molar-refractivity contribution in [1.29, 1.82) is 0 Å². The van der Waals surface area contributed by atoms with Crippen molar-refractivity contribution in [3.05, 3.63) is 64.4 Å². The van der Waals surface area contributed by atoms with Crippen LogP contribution in [-0.2, 0) is 0 Å². The molecule has 0 radical (unpaired) electrons. The van der Waals surface area contributed by atoms with Crippen LogP contribution in [0, 0.1) is 11.6 Å². The first-order valence-electron chi connectivity index (χ1n) is 5.90. The second kappa shape index (κ2) is 6.08. The van der Waals surface area contributed by atoms with Gasteiger partial charge in [-0.1, -0.05) is 18.5 Å². The predicted molar refractivity (Wildman–Crippen MR) is 71.1 cm³/mol. The van der Waals surface area contributed by atoms with Crippen LogP contribution in [0.4, 0.5) is 8.78 Å². The van der Waals surface area contributed by atoms with E-state index in [2.05, 4.69) is 10.3 Å². The summed E-state index contributed by atoms with van der Waals surface area (Å²) in [6.07, 6.45) is 3.11. The Bertz CT molecular complexity index is 555. The number of rotatable bonds is 4. The van der Waals surface area contributed by atoms with Crippen molar-refractivity contribution in [2.45, 2.75) is 13.0 Å². The molecule has 0 saturated carbocycles. The minimum atomic E-state index is -0.608. The highest BCUT2D eigenvalue weighted by molar-refractivity contribution is 6.31. The molecule has 19 heavy (non-hydrogen) atoms. The van der Waals surface area contributed by atoms with E-state index < -0.39 is 11.6 Å². The van der Waals surface area contributed by atoms with Crippen molar-refractivity contribution in [1.82, 2.24) is 10.3 Å². The average Bonchev–Trinajstić information content (AvgIpc) is 2.36. The summed E-state index contributed by atoms with van der Waals surface area (Å²) in [6.45, 7) is 2.55. The number of nitrogens with one attached hydrogen (secondary N) is 1. The summed E-state index contributed by atoms with van der Waals surface area (Å²) in [5.41, 5.74) is 1.23. The molecule has 0 bridgehead atoms. The third kappa shape index (κ3) is 3.28. The van der Waals surface area contributed by atoms with Crippen molar-refractivity contribution in [2.24, 2.45) is 0 Å². The topological polar surface area (TPSA) is 24.9 Å². The van der Waals surface area contributed by atoms with Crippen LogP contribution in [0.25, 0.3) is 0 Å². The highest BCUT2D eigenvalue weighted by atomic mass is 35.5. The summed E-state index contributed by atoms with van der Waals surface area (Å²) in [7, 11) is 0. The number of aromatic nitrogens is 1. The van der Waals surface area contributed by atoms with Crippen molar-refractivity contribution in [3.63, 3.8) is 0 Å². The second-order valence-electron chi connectivity index (χ2n) is 4.09. The Morgan fingerprint density at radius 3 is 2.53 bits per heavy atom. The van der Waals surface area contributed by atoms with Crippen LogP contribution >= 0.6 is 11.6 Å². The van der Waals surface area contributed by atoms with E-state index in [0.29, 0.717) is 17.1 Å². The van der Waals surface area contributed by atoms with Gasteiger partial charge in [-0.15, -0.1) is 0 Å². The highest BCUT2D eigenvalue weighted by Gasteiger charge is 2.17. The zero-order valence-corrected chi connectivity index (χ0v) is 11.1. The standard InChI is InChI=1S/C14H13ClF2N2/c1-2-19-14(12-3-4-18-8-13(12)15)9-5-10(16)7-11(17)6-9/h3-8,14,19H,2H2,1H3. The van der Waals surface area contributed by atoms with Gasteiger partial charge in [-0.2, -0.15) is 0 Å². The zero-order valence-electron chi connectivity index (χ0n) is 10.3. The molecule has 5 heteroatoms. The fraction of sp³-hybridized carbons (Fsp3) is 0.214. The lowest BCUT2D eigenvalue weighted by molar-refractivity contribution is 0.565. The predicted octanol–water partition coefficient (Wildman–Crippen LogP) is 3.71. The fourth-order valence-electron chi connectivity index (χ4n) is 1.97. The van der Waals surface area contributed by atoms with E-state index in [9.17, 15) is 8.78 Å². The van der Waals surface area contributed by atoms with E-state index in [4.69, 9.17) is 11.6 Å². The van der Waals surface area contributed by atoms with Crippen molar-refractivity contribution < 1.29 is 8.78 Å². The van der Waals surface area contributed by atoms with Gasteiger partial charge in [-0.05, 0) is 35.9 Å². The number of hydrogen-bond acceptors (Lipinski definition) is 2. The van der Waals surface area contributed by atoms with Crippen LogP contribution in [0.3, 0.4) is 0 Å². The third-order valence-electron chi connectivity index (χ3n) is 2.74. The Labute approximate surface area is 115 Å². The van der Waals surface area contributed by atoms with Gasteiger partial charge < -0.3 is 5.32 Å². The molecule has 2 nitrogen and oxygen atoms in total. The van der Waals surface area contributed by atoms with E-state index in [1.165, 1.54) is 18.3 Å². The highest BCUT2D eigenvalue weighted by Crippen LogP contribution is 2.28. The van der Waals surface area contributed by atoms with Gasteiger partial charge in [0.15, 0.2) is 0 Å². The van der Waals surface area contributed by atoms with Crippen LogP contribution in [-0.4, -0.2) is 11.5 Å². The smallest absolute Gasteiger partial charge is 0.126 e. The number of nitrogens with zero attached hydrogens (tertiary/aromatic N) is 1. The van der Waals surface area contributed by atoms with Gasteiger partial charge in [-0.3, -0.25) is 4.98 Å². The van der Waals surface area contributed by atoms with Gasteiger partial charge in [-0.25, -0.2) is 8.78 Å². The number of halogens is 3. The summed E-state index contributed by atoms with van der Waals surface area (Å²) < 4.78 is 26.7. The van der Waals surface area contributed by atoms with Crippen molar-refractivity contribution >= 4 is 11.6 Å². The van der Waals surface area contributed by atoms with Gasteiger partial charge in [0.2, 0.25) is 0 Å². The Balaban J connectivity index is 2.48. The molecular weight excluding hydrogens is 270 g/mol. The van der Waals surface area contributed by atoms with Gasteiger partial charge in [0.25, 0.3) is 0 Å². The monoisotopic (exact) mass is 282 g/mol. The molecule has 1 N–H and O–H groups in total. The van der Waals surface area contributed by atoms with Crippen LogP contribution in [0.15, 0.2) is 36.7 Å². The van der Waals surface area contributed by atoms with Gasteiger partial charge in [0, 0.05) is 18.5 Å². The van der Waals surface area contributed by atoms with Gasteiger partial charge in [0.05, 0.1) is 11.1 Å². The lowest BCUT2D eigenvalue weighted by atomic mass is 9.99. The fourth-order valence-corrected chi connectivity index (χ4v) is 2.20. The molecule has 0 aliphatic carbocycles. The summed E-state index contributed by atoms with van der Waals surface area (Å²) in [4.78, 5) is 3.91. The summed E-state index contributed by atoms with van der Waals surface area (Å²) in [5.74, 6) is -1.22. The summed E-state index contributed by atoms with van der Waals surface area (Å²) in [5, 5.41) is 3.62. The van der Waals surface area contributed by atoms with E-state index in [-0.39, 0.29) is 6.04 Å². The normalized spacial score (nSPS) is 12.4. The van der Waals surface area contributed by atoms with E-state index >= 15 is 0 Å². The van der Waals surface area contributed by atoms with Gasteiger partial charge >= 0.3 is 0 Å². The maximum Gasteiger partial charge on any atom is 0.126 e. The number of benzene rings is 1. The molecule has 0 aliphatic heterocycles. The molecule has 100 valence electrons. The van der Waals surface area contributed by atoms with Crippen LogP contribution in [0.2, 0.25) is 5.02 Å². The van der Waals surface area contributed by atoms with Crippen LogP contribution in [0.5, 0.6) is 0 Å². The Morgan fingerprint density at radius 2 is 1.95 bits per heavy atom. The van der Waals surface area contributed by atoms with Crippen LogP contribution < -0.4 is 5.32 Å². The third-order valence-corrected chi connectivity index (χ3v) is 3.06. The molecule has 0 fully saturated rings. The molecule has 1 aromatic carbocycles. The number of pyridine rings is 1. The van der Waals surface area contributed by atoms with E-state index in [1.807, 2.05) is 6.92 Å². The lowest BCUT2D eigenvalue weighted by Crippen LogP contribution is -2.22. The summed E-state index contributed by atoms with van der Waals surface area (Å²) >= 11 is 6.09. The van der Waals surface area contributed by atoms with Crippen molar-refractivity contribution in [3.8, 4) is 0 Å². The Morgan fingerprint density at radius 1 is 1.26 bits per heavy atom. The van der Waals surface area contributed by atoms with E-state index in [0.717, 1.165) is 11.6 Å². The zero-order chi connectivity index (χ0) is 13.8. The summed E-state index contributed by atoms with van der Waals surface area (Å²) in [6, 6.07) is 4.81. The Hall–Kier alpha value is -1.52. The van der Waals surface area contributed by atoms with Crippen molar-refractivity contribution in [2.75, 3.05) is 6.54 Å². The first-order chi connectivity index (χ1) is 9.11. The second-order valence-corrected chi connectivity index (χ2v) is 4.50. The Kier molecular flexibility index (Phi) is 4.45. The molecular formula is C14H13ClF2N2. The van der Waals surface area contributed by atoms with Gasteiger partial charge in [0.1, 0.15) is 11.6 Å². The molecule has 1 heterocycles. The number of hydrogen-bond donors (Lipinski definition) is 1. The largest absolute Gasteiger partial charge is 0.306 e. The SMILES string of the molecule is CCNC(c1cc(F)cc(F)c1)c1ccncc1Cl. The molecule has 1 aromatic heterocycles. The molecule has 1 atom stereocenters. The van der Waals surface area contributed by atoms with Crippen LogP contribution in [0.1, 0.15) is 24.1 Å². The van der Waals surface area contributed by atoms with E-state index in [1.54, 1.807) is 12.3 Å². The first kappa shape index (κ1) is 13.9. The molecule has 0 amide bonds. The maximum atomic E-state index is 13.3.